The Kier molecular flexibility index (Phi) is 4.72. The lowest BCUT2D eigenvalue weighted by Gasteiger charge is -2.41. The van der Waals surface area contributed by atoms with Crippen molar-refractivity contribution in [1.82, 2.24) is 4.90 Å². The summed E-state index contributed by atoms with van der Waals surface area (Å²) < 4.78 is 16.9. The zero-order valence-electron chi connectivity index (χ0n) is 13.1. The van der Waals surface area contributed by atoms with Gasteiger partial charge in [-0.2, -0.15) is 0 Å². The van der Waals surface area contributed by atoms with Crippen molar-refractivity contribution in [3.8, 4) is 0 Å². The predicted molar refractivity (Wildman–Crippen MR) is 75.4 cm³/mol. The lowest BCUT2D eigenvalue weighted by atomic mass is 9.88. The van der Waals surface area contributed by atoms with E-state index in [-0.39, 0.29) is 17.7 Å². The van der Waals surface area contributed by atoms with Gasteiger partial charge in [-0.3, -0.25) is 4.79 Å². The molecule has 1 heterocycles. The molecule has 0 aromatic heterocycles. The van der Waals surface area contributed by atoms with Crippen molar-refractivity contribution in [1.29, 1.82) is 0 Å². The molecule has 1 atom stereocenters. The first kappa shape index (κ1) is 15.7. The summed E-state index contributed by atoms with van der Waals surface area (Å²) in [7, 11) is 3.49. The molecule has 1 amide bonds. The van der Waals surface area contributed by atoms with Crippen LogP contribution in [0, 0.1) is 0 Å². The standard InChI is InChI=1S/C15H27NO4/c1-5-14(2,18-4)13(17)16(3)12-6-8-15(9-7-12)19-10-11-20-15/h12H,5-11H2,1-4H3. The highest BCUT2D eigenvalue weighted by molar-refractivity contribution is 5.84. The maximum Gasteiger partial charge on any atom is 0.254 e. The van der Waals surface area contributed by atoms with E-state index in [1.54, 1.807) is 7.11 Å². The molecule has 0 aromatic carbocycles. The molecular weight excluding hydrogens is 258 g/mol. The SMILES string of the molecule is CCC(C)(OC)C(=O)N(C)C1CCC2(CC1)OCCO2. The van der Waals surface area contributed by atoms with Crippen molar-refractivity contribution < 1.29 is 19.0 Å². The summed E-state index contributed by atoms with van der Waals surface area (Å²) in [5, 5.41) is 0. The van der Waals surface area contributed by atoms with Gasteiger partial charge < -0.3 is 19.1 Å². The molecular formula is C15H27NO4. The Balaban J connectivity index is 1.94. The normalized spacial score (nSPS) is 25.6. The Morgan fingerprint density at radius 1 is 1.35 bits per heavy atom. The second kappa shape index (κ2) is 6.00. The number of methoxy groups -OCH3 is 1. The number of hydrogen-bond donors (Lipinski definition) is 0. The highest BCUT2D eigenvalue weighted by Gasteiger charge is 2.43. The van der Waals surface area contributed by atoms with Gasteiger partial charge in [0.2, 0.25) is 0 Å². The van der Waals surface area contributed by atoms with E-state index in [2.05, 4.69) is 0 Å². The minimum Gasteiger partial charge on any atom is -0.369 e. The van der Waals surface area contributed by atoms with Crippen molar-refractivity contribution in [2.24, 2.45) is 0 Å². The molecule has 5 heteroatoms. The summed E-state index contributed by atoms with van der Waals surface area (Å²) in [5.41, 5.74) is -0.718. The van der Waals surface area contributed by atoms with Gasteiger partial charge in [-0.1, -0.05) is 6.92 Å². The van der Waals surface area contributed by atoms with Crippen molar-refractivity contribution in [3.05, 3.63) is 0 Å². The van der Waals surface area contributed by atoms with Crippen molar-refractivity contribution in [2.45, 2.75) is 63.4 Å². The highest BCUT2D eigenvalue weighted by atomic mass is 16.7. The maximum atomic E-state index is 12.6. The maximum absolute atomic E-state index is 12.6. The van der Waals surface area contributed by atoms with Gasteiger partial charge in [-0.25, -0.2) is 0 Å². The van der Waals surface area contributed by atoms with Gasteiger partial charge in [0.25, 0.3) is 5.91 Å². The number of nitrogens with zero attached hydrogens (tertiary/aromatic N) is 1. The molecule has 1 aliphatic carbocycles. The molecule has 20 heavy (non-hydrogen) atoms. The lowest BCUT2D eigenvalue weighted by Crippen LogP contribution is -2.52. The van der Waals surface area contributed by atoms with E-state index >= 15 is 0 Å². The molecule has 0 aromatic rings. The van der Waals surface area contributed by atoms with Crippen molar-refractivity contribution >= 4 is 5.91 Å². The Morgan fingerprint density at radius 2 is 1.90 bits per heavy atom. The minimum absolute atomic E-state index is 0.0664. The van der Waals surface area contributed by atoms with E-state index in [0.717, 1.165) is 25.7 Å². The fourth-order valence-electron chi connectivity index (χ4n) is 3.14. The number of rotatable bonds is 4. The van der Waals surface area contributed by atoms with Crippen LogP contribution in [0.5, 0.6) is 0 Å². The predicted octanol–water partition coefficient (Wildman–Crippen LogP) is 1.95. The quantitative estimate of drug-likeness (QED) is 0.792. The third-order valence-corrected chi connectivity index (χ3v) is 4.98. The van der Waals surface area contributed by atoms with E-state index in [9.17, 15) is 4.79 Å². The van der Waals surface area contributed by atoms with Crippen LogP contribution in [0.1, 0.15) is 46.0 Å². The third-order valence-electron chi connectivity index (χ3n) is 4.98. The highest BCUT2D eigenvalue weighted by Crippen LogP contribution is 2.37. The Labute approximate surface area is 121 Å². The Morgan fingerprint density at radius 3 is 2.35 bits per heavy atom. The van der Waals surface area contributed by atoms with Crippen LogP contribution in [0.4, 0.5) is 0 Å². The monoisotopic (exact) mass is 285 g/mol. The lowest BCUT2D eigenvalue weighted by molar-refractivity contribution is -0.187. The molecule has 1 saturated carbocycles. The van der Waals surface area contributed by atoms with Crippen LogP contribution >= 0.6 is 0 Å². The Bertz CT molecular complexity index is 338. The molecule has 2 rings (SSSR count). The van der Waals surface area contributed by atoms with Gasteiger partial charge in [0, 0.05) is 33.0 Å². The molecule has 116 valence electrons. The summed E-state index contributed by atoms with van der Waals surface area (Å²) in [5.74, 6) is -0.299. The van der Waals surface area contributed by atoms with Crippen LogP contribution in [0.15, 0.2) is 0 Å². The molecule has 1 saturated heterocycles. The molecule has 5 nitrogen and oxygen atoms in total. The first-order valence-corrected chi connectivity index (χ1v) is 7.57. The summed E-state index contributed by atoms with van der Waals surface area (Å²) in [6.07, 6.45) is 4.25. The summed E-state index contributed by atoms with van der Waals surface area (Å²) >= 11 is 0. The average molecular weight is 285 g/mol. The molecule has 0 N–H and O–H groups in total. The van der Waals surface area contributed by atoms with Crippen LogP contribution in [0.2, 0.25) is 0 Å². The Hall–Kier alpha value is -0.650. The van der Waals surface area contributed by atoms with Gasteiger partial charge in [0.1, 0.15) is 5.60 Å². The number of likely N-dealkylation sites (N-methyl/N-ethyl adjacent to an activating group) is 1. The second-order valence-corrected chi connectivity index (χ2v) is 6.04. The van der Waals surface area contributed by atoms with E-state index in [4.69, 9.17) is 14.2 Å². The minimum atomic E-state index is -0.718. The second-order valence-electron chi connectivity index (χ2n) is 6.04. The molecule has 0 bridgehead atoms. The molecule has 1 aliphatic heterocycles. The smallest absolute Gasteiger partial charge is 0.254 e. The third kappa shape index (κ3) is 2.85. The van der Waals surface area contributed by atoms with Gasteiger partial charge in [0.05, 0.1) is 13.2 Å². The van der Waals surface area contributed by atoms with Crippen molar-refractivity contribution in [2.75, 3.05) is 27.4 Å². The van der Waals surface area contributed by atoms with Crippen LogP contribution in [-0.4, -0.2) is 55.6 Å². The number of carbonyl (C=O) groups excluding carboxylic acids is 1. The first-order valence-electron chi connectivity index (χ1n) is 7.57. The number of ether oxygens (including phenoxy) is 3. The summed E-state index contributed by atoms with van der Waals surface area (Å²) in [4.78, 5) is 14.4. The summed E-state index contributed by atoms with van der Waals surface area (Å²) in [6.45, 7) is 5.22. The number of carbonyl (C=O) groups is 1. The van der Waals surface area contributed by atoms with E-state index < -0.39 is 5.60 Å². The van der Waals surface area contributed by atoms with Crippen LogP contribution in [0.25, 0.3) is 0 Å². The van der Waals surface area contributed by atoms with E-state index in [1.165, 1.54) is 0 Å². The molecule has 0 radical (unpaired) electrons. The molecule has 1 spiro atoms. The topological polar surface area (TPSA) is 48.0 Å². The fourth-order valence-corrected chi connectivity index (χ4v) is 3.14. The molecule has 2 fully saturated rings. The zero-order chi connectivity index (χ0) is 14.8. The van der Waals surface area contributed by atoms with Crippen LogP contribution in [0.3, 0.4) is 0 Å². The largest absolute Gasteiger partial charge is 0.369 e. The van der Waals surface area contributed by atoms with Gasteiger partial charge in [-0.15, -0.1) is 0 Å². The van der Waals surface area contributed by atoms with E-state index in [0.29, 0.717) is 19.6 Å². The zero-order valence-corrected chi connectivity index (χ0v) is 13.1. The molecule has 2 aliphatic rings. The van der Waals surface area contributed by atoms with E-state index in [1.807, 2.05) is 25.8 Å². The van der Waals surface area contributed by atoms with Gasteiger partial charge in [-0.05, 0) is 26.2 Å². The van der Waals surface area contributed by atoms with Crippen molar-refractivity contribution in [3.63, 3.8) is 0 Å². The fraction of sp³-hybridized carbons (Fsp3) is 0.933. The van der Waals surface area contributed by atoms with Gasteiger partial charge in [0.15, 0.2) is 5.79 Å². The first-order chi connectivity index (χ1) is 9.46. The van der Waals surface area contributed by atoms with Gasteiger partial charge >= 0.3 is 0 Å². The van der Waals surface area contributed by atoms with Crippen LogP contribution < -0.4 is 0 Å². The number of hydrogen-bond acceptors (Lipinski definition) is 4. The summed E-state index contributed by atoms with van der Waals surface area (Å²) in [6, 6.07) is 0.252. The molecule has 1 unspecified atom stereocenters. The number of amides is 1. The van der Waals surface area contributed by atoms with Crippen LogP contribution in [-0.2, 0) is 19.0 Å². The average Bonchev–Trinajstić information content (AvgIpc) is 2.94.